The van der Waals surface area contributed by atoms with Gasteiger partial charge in [-0.15, -0.1) is 0 Å². The maximum absolute atomic E-state index is 12.4. The van der Waals surface area contributed by atoms with Crippen molar-refractivity contribution in [2.75, 3.05) is 33.9 Å². The zero-order chi connectivity index (χ0) is 16.2. The third-order valence-corrected chi connectivity index (χ3v) is 6.15. The van der Waals surface area contributed by atoms with Crippen LogP contribution in [-0.2, 0) is 10.0 Å². The van der Waals surface area contributed by atoms with Crippen LogP contribution in [0.25, 0.3) is 0 Å². The average molecular weight is 393 g/mol. The first-order valence-electron chi connectivity index (χ1n) is 7.10. The number of rotatable bonds is 7. The molecule has 22 heavy (non-hydrogen) atoms. The molecular formula is C14H21BrN2O4S. The summed E-state index contributed by atoms with van der Waals surface area (Å²) in [6.45, 7) is 2.40. The molecule has 1 heterocycles. The molecule has 0 amide bonds. The first-order valence-corrected chi connectivity index (χ1v) is 9.37. The van der Waals surface area contributed by atoms with Crippen molar-refractivity contribution < 1.29 is 17.9 Å². The van der Waals surface area contributed by atoms with Crippen molar-refractivity contribution in [3.63, 3.8) is 0 Å². The Labute approximate surface area is 139 Å². The van der Waals surface area contributed by atoms with Crippen molar-refractivity contribution in [3.05, 3.63) is 16.6 Å². The van der Waals surface area contributed by atoms with E-state index in [2.05, 4.69) is 26.0 Å². The molecular weight excluding hydrogens is 372 g/mol. The molecule has 0 radical (unpaired) electrons. The van der Waals surface area contributed by atoms with E-state index in [1.807, 2.05) is 0 Å². The van der Waals surface area contributed by atoms with Crippen molar-refractivity contribution in [2.45, 2.75) is 17.7 Å². The summed E-state index contributed by atoms with van der Waals surface area (Å²) in [6.07, 6.45) is 1.93. The molecule has 1 aliphatic heterocycles. The molecule has 1 aromatic rings. The number of ether oxygens (including phenoxy) is 2. The second-order valence-corrected chi connectivity index (χ2v) is 7.77. The van der Waals surface area contributed by atoms with Crippen LogP contribution in [0.5, 0.6) is 11.5 Å². The van der Waals surface area contributed by atoms with Crippen LogP contribution in [-0.4, -0.2) is 42.3 Å². The molecule has 124 valence electrons. The van der Waals surface area contributed by atoms with Gasteiger partial charge in [-0.05, 0) is 53.8 Å². The number of nitrogens with one attached hydrogen (secondary N) is 2. The Morgan fingerprint density at radius 3 is 2.59 bits per heavy atom. The SMILES string of the molecule is COc1cc(Br)c(S(=O)(=O)NCCC2CCNC2)cc1OC. The summed E-state index contributed by atoms with van der Waals surface area (Å²) in [4.78, 5) is 0.148. The van der Waals surface area contributed by atoms with Gasteiger partial charge in [0.2, 0.25) is 10.0 Å². The molecule has 1 atom stereocenters. The molecule has 2 rings (SSSR count). The fourth-order valence-electron chi connectivity index (χ4n) is 2.48. The van der Waals surface area contributed by atoms with Crippen LogP contribution in [0.3, 0.4) is 0 Å². The molecule has 1 saturated heterocycles. The van der Waals surface area contributed by atoms with Gasteiger partial charge in [0.25, 0.3) is 0 Å². The van der Waals surface area contributed by atoms with E-state index in [0.29, 0.717) is 28.4 Å². The Kier molecular flexibility index (Phi) is 6.08. The van der Waals surface area contributed by atoms with Crippen LogP contribution in [0.15, 0.2) is 21.5 Å². The molecule has 0 spiro atoms. The first-order chi connectivity index (χ1) is 10.5. The molecule has 0 aliphatic carbocycles. The lowest BCUT2D eigenvalue weighted by Crippen LogP contribution is -2.27. The van der Waals surface area contributed by atoms with Crippen LogP contribution in [0.4, 0.5) is 0 Å². The van der Waals surface area contributed by atoms with Crippen molar-refractivity contribution in [3.8, 4) is 11.5 Å². The maximum atomic E-state index is 12.4. The van der Waals surface area contributed by atoms with Crippen molar-refractivity contribution in [1.29, 1.82) is 0 Å². The molecule has 1 unspecified atom stereocenters. The number of hydrogen-bond acceptors (Lipinski definition) is 5. The number of sulfonamides is 1. The van der Waals surface area contributed by atoms with Gasteiger partial charge in [-0.25, -0.2) is 13.1 Å². The van der Waals surface area contributed by atoms with Crippen LogP contribution in [0.1, 0.15) is 12.8 Å². The zero-order valence-electron chi connectivity index (χ0n) is 12.7. The molecule has 0 saturated carbocycles. The number of halogens is 1. The zero-order valence-corrected chi connectivity index (χ0v) is 15.1. The Bertz CT molecular complexity index is 616. The van der Waals surface area contributed by atoms with E-state index in [9.17, 15) is 8.42 Å². The minimum atomic E-state index is -3.59. The Hall–Kier alpha value is -0.830. The van der Waals surface area contributed by atoms with E-state index in [4.69, 9.17) is 9.47 Å². The van der Waals surface area contributed by atoms with E-state index in [1.165, 1.54) is 20.3 Å². The van der Waals surface area contributed by atoms with Gasteiger partial charge in [-0.2, -0.15) is 0 Å². The Morgan fingerprint density at radius 1 is 1.32 bits per heavy atom. The van der Waals surface area contributed by atoms with Gasteiger partial charge < -0.3 is 14.8 Å². The summed E-state index contributed by atoms with van der Waals surface area (Å²) in [5.74, 6) is 1.40. The van der Waals surface area contributed by atoms with E-state index in [1.54, 1.807) is 6.07 Å². The van der Waals surface area contributed by atoms with Gasteiger partial charge in [-0.3, -0.25) is 0 Å². The minimum Gasteiger partial charge on any atom is -0.493 e. The predicted octanol–water partition coefficient (Wildman–Crippen LogP) is 1.74. The molecule has 1 aliphatic rings. The fourth-order valence-corrected chi connectivity index (χ4v) is 4.56. The molecule has 2 N–H and O–H groups in total. The normalized spacial score (nSPS) is 18.4. The van der Waals surface area contributed by atoms with Gasteiger partial charge in [0.15, 0.2) is 11.5 Å². The highest BCUT2D eigenvalue weighted by Crippen LogP contribution is 2.35. The van der Waals surface area contributed by atoms with E-state index >= 15 is 0 Å². The van der Waals surface area contributed by atoms with Gasteiger partial charge in [0, 0.05) is 17.1 Å². The molecule has 6 nitrogen and oxygen atoms in total. The maximum Gasteiger partial charge on any atom is 0.241 e. The number of benzene rings is 1. The largest absolute Gasteiger partial charge is 0.493 e. The van der Waals surface area contributed by atoms with Crippen LogP contribution in [0, 0.1) is 5.92 Å². The highest BCUT2D eigenvalue weighted by atomic mass is 79.9. The van der Waals surface area contributed by atoms with Crippen molar-refractivity contribution in [1.82, 2.24) is 10.0 Å². The molecule has 1 fully saturated rings. The minimum absolute atomic E-state index is 0.148. The van der Waals surface area contributed by atoms with E-state index in [0.717, 1.165) is 25.9 Å². The molecule has 8 heteroatoms. The smallest absolute Gasteiger partial charge is 0.241 e. The Balaban J connectivity index is 2.10. The van der Waals surface area contributed by atoms with E-state index in [-0.39, 0.29) is 4.90 Å². The quantitative estimate of drug-likeness (QED) is 0.738. The van der Waals surface area contributed by atoms with Crippen molar-refractivity contribution in [2.24, 2.45) is 5.92 Å². The lowest BCUT2D eigenvalue weighted by atomic mass is 10.1. The van der Waals surface area contributed by atoms with Gasteiger partial charge >= 0.3 is 0 Å². The molecule has 1 aromatic carbocycles. The van der Waals surface area contributed by atoms with Gasteiger partial charge in [0.1, 0.15) is 4.90 Å². The topological polar surface area (TPSA) is 76.7 Å². The van der Waals surface area contributed by atoms with Gasteiger partial charge in [0.05, 0.1) is 14.2 Å². The third kappa shape index (κ3) is 4.13. The van der Waals surface area contributed by atoms with Crippen LogP contribution < -0.4 is 19.5 Å². The highest BCUT2D eigenvalue weighted by Gasteiger charge is 2.22. The van der Waals surface area contributed by atoms with Crippen molar-refractivity contribution >= 4 is 26.0 Å². The molecule has 0 bridgehead atoms. The van der Waals surface area contributed by atoms with Crippen LogP contribution >= 0.6 is 15.9 Å². The summed E-state index contributed by atoms with van der Waals surface area (Å²) >= 11 is 3.28. The average Bonchev–Trinajstić information content (AvgIpc) is 2.99. The standard InChI is InChI=1S/C14H21BrN2O4S/c1-20-12-7-11(15)14(8-13(12)21-2)22(18,19)17-6-4-10-3-5-16-9-10/h7-8,10,16-17H,3-6,9H2,1-2H3. The Morgan fingerprint density at radius 2 is 2.00 bits per heavy atom. The third-order valence-electron chi connectivity index (χ3n) is 3.73. The predicted molar refractivity (Wildman–Crippen MR) is 88.0 cm³/mol. The monoisotopic (exact) mass is 392 g/mol. The van der Waals surface area contributed by atoms with Crippen LogP contribution in [0.2, 0.25) is 0 Å². The number of methoxy groups -OCH3 is 2. The number of hydrogen-bond donors (Lipinski definition) is 2. The molecule has 0 aromatic heterocycles. The lowest BCUT2D eigenvalue weighted by molar-refractivity contribution is 0.353. The summed E-state index contributed by atoms with van der Waals surface area (Å²) in [6, 6.07) is 3.05. The summed E-state index contributed by atoms with van der Waals surface area (Å²) in [5, 5.41) is 3.27. The highest BCUT2D eigenvalue weighted by molar-refractivity contribution is 9.10. The lowest BCUT2D eigenvalue weighted by Gasteiger charge is -2.14. The summed E-state index contributed by atoms with van der Waals surface area (Å²) < 4.78 is 38.3. The second-order valence-electron chi connectivity index (χ2n) is 5.18. The fraction of sp³-hybridized carbons (Fsp3) is 0.571. The summed E-state index contributed by atoms with van der Waals surface area (Å²) in [5.41, 5.74) is 0. The van der Waals surface area contributed by atoms with Gasteiger partial charge in [-0.1, -0.05) is 0 Å². The second kappa shape index (κ2) is 7.63. The first kappa shape index (κ1) is 17.5. The summed E-state index contributed by atoms with van der Waals surface area (Å²) in [7, 11) is -0.612. The van der Waals surface area contributed by atoms with E-state index < -0.39 is 10.0 Å².